The van der Waals surface area contributed by atoms with E-state index in [0.29, 0.717) is 15.6 Å². The van der Waals surface area contributed by atoms with Crippen molar-refractivity contribution < 1.29 is 9.18 Å². The molecule has 6 heteroatoms. The molecule has 0 aliphatic carbocycles. The van der Waals surface area contributed by atoms with Crippen LogP contribution in [0.3, 0.4) is 0 Å². The topological polar surface area (TPSA) is 29.1 Å². The van der Waals surface area contributed by atoms with Crippen LogP contribution < -0.4 is 5.32 Å². The first-order valence-corrected chi connectivity index (χ1v) is 7.85. The highest BCUT2D eigenvalue weighted by Gasteiger charge is 2.04. The Kier molecular flexibility index (Phi) is 6.00. The van der Waals surface area contributed by atoms with E-state index < -0.39 is 5.82 Å². The highest BCUT2D eigenvalue weighted by atomic mass is 79.9. The minimum Gasteiger partial charge on any atom is -0.348 e. The van der Waals surface area contributed by atoms with E-state index in [1.165, 1.54) is 18.2 Å². The molecule has 0 aliphatic rings. The molecule has 2 nitrogen and oxygen atoms in total. The van der Waals surface area contributed by atoms with Crippen LogP contribution in [-0.4, -0.2) is 5.91 Å². The van der Waals surface area contributed by atoms with E-state index in [1.54, 1.807) is 30.3 Å². The van der Waals surface area contributed by atoms with Crippen LogP contribution in [0.4, 0.5) is 4.39 Å². The number of carbonyl (C=O) groups excluding carboxylic acids is 1. The van der Waals surface area contributed by atoms with E-state index in [-0.39, 0.29) is 12.5 Å². The summed E-state index contributed by atoms with van der Waals surface area (Å²) < 4.78 is 14.3. The maximum Gasteiger partial charge on any atom is 0.244 e. The van der Waals surface area contributed by atoms with Gasteiger partial charge in [0.1, 0.15) is 5.82 Å². The van der Waals surface area contributed by atoms with E-state index in [9.17, 15) is 9.18 Å². The fourth-order valence-electron chi connectivity index (χ4n) is 1.71. The second kappa shape index (κ2) is 7.77. The minimum absolute atomic E-state index is 0.264. The second-order valence-electron chi connectivity index (χ2n) is 4.45. The van der Waals surface area contributed by atoms with E-state index in [4.69, 9.17) is 23.2 Å². The number of amides is 1. The first kappa shape index (κ1) is 17.0. The minimum atomic E-state index is -0.395. The zero-order chi connectivity index (χ0) is 16.1. The maximum absolute atomic E-state index is 13.5. The van der Waals surface area contributed by atoms with Crippen LogP contribution in [0.2, 0.25) is 10.0 Å². The summed E-state index contributed by atoms with van der Waals surface area (Å²) in [4.78, 5) is 11.8. The number of benzene rings is 2. The van der Waals surface area contributed by atoms with Gasteiger partial charge in [-0.05, 0) is 42.0 Å². The molecule has 0 unspecified atom stereocenters. The average molecular weight is 403 g/mol. The molecule has 1 amide bonds. The second-order valence-corrected chi connectivity index (χ2v) is 6.21. The van der Waals surface area contributed by atoms with Crippen molar-refractivity contribution in [3.05, 3.63) is 73.9 Å². The lowest BCUT2D eigenvalue weighted by molar-refractivity contribution is -0.116. The van der Waals surface area contributed by atoms with Crippen LogP contribution in [0.1, 0.15) is 11.1 Å². The summed E-state index contributed by atoms with van der Waals surface area (Å²) in [6.07, 6.45) is 2.69. The molecule has 2 rings (SSSR count). The van der Waals surface area contributed by atoms with E-state index >= 15 is 0 Å². The number of nitrogens with one attached hydrogen (secondary N) is 1. The quantitative estimate of drug-likeness (QED) is 0.697. The number of halogens is 4. The average Bonchev–Trinajstić information content (AvgIpc) is 2.47. The summed E-state index contributed by atoms with van der Waals surface area (Å²) in [6, 6.07) is 9.56. The molecule has 0 aromatic heterocycles. The van der Waals surface area contributed by atoms with Crippen LogP contribution in [0.25, 0.3) is 6.08 Å². The van der Waals surface area contributed by atoms with Crippen LogP contribution in [0.15, 0.2) is 46.9 Å². The van der Waals surface area contributed by atoms with Crippen LogP contribution in [0.5, 0.6) is 0 Å². The molecule has 0 spiro atoms. The SMILES string of the molecule is O=C(/C=C/c1cc(Br)ccc1F)NCc1ccc(Cl)cc1Cl. The number of carbonyl (C=O) groups is 1. The van der Waals surface area contributed by atoms with Crippen LogP contribution in [0, 0.1) is 5.82 Å². The van der Waals surface area contributed by atoms with Crippen molar-refractivity contribution in [3.8, 4) is 0 Å². The maximum atomic E-state index is 13.5. The summed E-state index contributed by atoms with van der Waals surface area (Å²) in [6.45, 7) is 0.264. The molecule has 0 bridgehead atoms. The van der Waals surface area contributed by atoms with Crippen molar-refractivity contribution in [3.63, 3.8) is 0 Å². The van der Waals surface area contributed by atoms with Gasteiger partial charge in [0.2, 0.25) is 5.91 Å². The predicted molar refractivity (Wildman–Crippen MR) is 91.4 cm³/mol. The Bertz CT molecular complexity index is 734. The van der Waals surface area contributed by atoms with Gasteiger partial charge in [0.25, 0.3) is 0 Å². The van der Waals surface area contributed by atoms with Crippen LogP contribution in [-0.2, 0) is 11.3 Å². The molecule has 22 heavy (non-hydrogen) atoms. The van der Waals surface area contributed by atoms with Gasteiger partial charge in [0.05, 0.1) is 0 Å². The van der Waals surface area contributed by atoms with Crippen molar-refractivity contribution in [2.75, 3.05) is 0 Å². The highest BCUT2D eigenvalue weighted by molar-refractivity contribution is 9.10. The predicted octanol–water partition coefficient (Wildman–Crippen LogP) is 5.22. The Morgan fingerprint density at radius 3 is 2.73 bits per heavy atom. The lowest BCUT2D eigenvalue weighted by Gasteiger charge is -2.05. The third kappa shape index (κ3) is 4.83. The monoisotopic (exact) mass is 401 g/mol. The Morgan fingerprint density at radius 2 is 2.00 bits per heavy atom. The Labute approximate surface area is 146 Å². The Morgan fingerprint density at radius 1 is 1.23 bits per heavy atom. The Balaban J connectivity index is 1.98. The van der Waals surface area contributed by atoms with Crippen molar-refractivity contribution in [2.24, 2.45) is 0 Å². The van der Waals surface area contributed by atoms with Crippen molar-refractivity contribution >= 4 is 51.1 Å². The summed E-state index contributed by atoms with van der Waals surface area (Å²) in [5.41, 5.74) is 1.08. The van der Waals surface area contributed by atoms with Gasteiger partial charge >= 0.3 is 0 Å². The van der Waals surface area contributed by atoms with Gasteiger partial charge in [-0.1, -0.05) is 45.2 Å². The van der Waals surface area contributed by atoms with E-state index in [1.807, 2.05) is 0 Å². The summed E-state index contributed by atoms with van der Waals surface area (Å²) in [5, 5.41) is 3.69. The molecule has 0 saturated heterocycles. The van der Waals surface area contributed by atoms with Crippen molar-refractivity contribution in [1.82, 2.24) is 5.32 Å². The van der Waals surface area contributed by atoms with Gasteiger partial charge in [-0.25, -0.2) is 4.39 Å². The van der Waals surface area contributed by atoms with Gasteiger partial charge < -0.3 is 5.32 Å². The van der Waals surface area contributed by atoms with Gasteiger partial charge in [-0.3, -0.25) is 4.79 Å². The fraction of sp³-hybridized carbons (Fsp3) is 0.0625. The molecule has 0 saturated carbocycles. The number of hydrogen-bond donors (Lipinski definition) is 1. The van der Waals surface area contributed by atoms with E-state index in [2.05, 4.69) is 21.2 Å². The van der Waals surface area contributed by atoms with E-state index in [0.717, 1.165) is 10.0 Å². The summed E-state index contributed by atoms with van der Waals surface area (Å²) in [5.74, 6) is -0.738. The third-order valence-corrected chi connectivity index (χ3v) is 3.92. The summed E-state index contributed by atoms with van der Waals surface area (Å²) >= 11 is 15.1. The molecule has 0 atom stereocenters. The molecular formula is C16H11BrCl2FNO. The smallest absolute Gasteiger partial charge is 0.244 e. The Hall–Kier alpha value is -1.36. The lowest BCUT2D eigenvalue weighted by atomic mass is 10.2. The lowest BCUT2D eigenvalue weighted by Crippen LogP contribution is -2.20. The highest BCUT2D eigenvalue weighted by Crippen LogP contribution is 2.20. The molecular weight excluding hydrogens is 392 g/mol. The third-order valence-electron chi connectivity index (χ3n) is 2.84. The van der Waals surface area contributed by atoms with Gasteiger partial charge in [0, 0.05) is 32.7 Å². The largest absolute Gasteiger partial charge is 0.348 e. The van der Waals surface area contributed by atoms with Crippen molar-refractivity contribution in [2.45, 2.75) is 6.54 Å². The van der Waals surface area contributed by atoms with Crippen LogP contribution >= 0.6 is 39.1 Å². The standard InChI is InChI=1S/C16H11BrCl2FNO/c17-12-3-5-15(20)10(7-12)2-6-16(22)21-9-11-1-4-13(18)8-14(11)19/h1-8H,9H2,(H,21,22)/b6-2+. The number of hydrogen-bond acceptors (Lipinski definition) is 1. The zero-order valence-electron chi connectivity index (χ0n) is 11.2. The first-order chi connectivity index (χ1) is 10.5. The molecule has 1 N–H and O–H groups in total. The van der Waals surface area contributed by atoms with Gasteiger partial charge in [0.15, 0.2) is 0 Å². The molecule has 0 aliphatic heterocycles. The molecule has 2 aromatic rings. The molecule has 0 fully saturated rings. The molecule has 2 aromatic carbocycles. The first-order valence-electron chi connectivity index (χ1n) is 6.30. The van der Waals surface area contributed by atoms with Gasteiger partial charge in [-0.15, -0.1) is 0 Å². The molecule has 114 valence electrons. The van der Waals surface area contributed by atoms with Gasteiger partial charge in [-0.2, -0.15) is 0 Å². The zero-order valence-corrected chi connectivity index (χ0v) is 14.3. The summed E-state index contributed by atoms with van der Waals surface area (Å²) in [7, 11) is 0. The fourth-order valence-corrected chi connectivity index (χ4v) is 2.57. The number of rotatable bonds is 4. The normalized spacial score (nSPS) is 10.9. The molecule has 0 radical (unpaired) electrons. The molecule has 0 heterocycles. The van der Waals surface area contributed by atoms with Crippen molar-refractivity contribution in [1.29, 1.82) is 0 Å².